The summed E-state index contributed by atoms with van der Waals surface area (Å²) in [5, 5.41) is 3.26. The van der Waals surface area contributed by atoms with E-state index in [-0.39, 0.29) is 5.24 Å². The second kappa shape index (κ2) is 6.66. The van der Waals surface area contributed by atoms with Gasteiger partial charge in [-0.2, -0.15) is 0 Å². The lowest BCUT2D eigenvalue weighted by atomic mass is 10.1. The Morgan fingerprint density at radius 2 is 1.80 bits per heavy atom. The van der Waals surface area contributed by atoms with Crippen molar-refractivity contribution in [3.63, 3.8) is 0 Å². The number of aromatic nitrogens is 2. The van der Waals surface area contributed by atoms with Crippen LogP contribution in [0.15, 0.2) is 64.8 Å². The summed E-state index contributed by atoms with van der Waals surface area (Å²) in [6, 6.07) is 12.9. The fourth-order valence-electron chi connectivity index (χ4n) is 2.38. The number of amides is 1. The average molecular weight is 367 g/mol. The number of nitrogens with one attached hydrogen (secondary N) is 1. The van der Waals surface area contributed by atoms with Gasteiger partial charge in [-0.3, -0.25) is 14.8 Å². The van der Waals surface area contributed by atoms with Gasteiger partial charge in [0.25, 0.3) is 5.24 Å². The molecule has 2 heterocycles. The summed E-state index contributed by atoms with van der Waals surface area (Å²) >= 11 is 7.00. The highest BCUT2D eigenvalue weighted by molar-refractivity contribution is 8.18. The highest BCUT2D eigenvalue weighted by atomic mass is 35.5. The van der Waals surface area contributed by atoms with Crippen molar-refractivity contribution in [2.45, 2.75) is 0 Å². The number of carbonyl (C=O) groups excluding carboxylic acids is 1. The molecule has 1 aromatic heterocycles. The van der Waals surface area contributed by atoms with E-state index >= 15 is 0 Å². The maximum Gasteiger partial charge on any atom is 0.289 e. The minimum absolute atomic E-state index is 0.153. The maximum absolute atomic E-state index is 11.8. The van der Waals surface area contributed by atoms with Crippen LogP contribution in [-0.2, 0) is 0 Å². The second-order valence-electron chi connectivity index (χ2n) is 5.26. The van der Waals surface area contributed by atoms with E-state index in [2.05, 4.69) is 20.3 Å². The summed E-state index contributed by atoms with van der Waals surface area (Å²) in [5.41, 5.74) is 3.27. The largest absolute Gasteiger partial charge is 0.300 e. The molecule has 0 saturated carbocycles. The Hall–Kier alpha value is -2.70. The Balaban J connectivity index is 1.71. The fourth-order valence-corrected chi connectivity index (χ4v) is 3.24. The summed E-state index contributed by atoms with van der Waals surface area (Å²) < 4.78 is 0. The van der Waals surface area contributed by atoms with Crippen LogP contribution in [0.3, 0.4) is 0 Å². The Bertz CT molecular complexity index is 1030. The molecule has 0 atom stereocenters. The van der Waals surface area contributed by atoms with E-state index in [0.29, 0.717) is 10.9 Å². The number of rotatable bonds is 2. The normalized spacial score (nSPS) is 17.4. The number of hydrogen-bond acceptors (Lipinski definition) is 5. The molecule has 1 fully saturated rings. The second-order valence-corrected chi connectivity index (χ2v) is 6.72. The summed E-state index contributed by atoms with van der Waals surface area (Å²) in [4.78, 5) is 25.6. The number of benzene rings is 2. The van der Waals surface area contributed by atoms with Crippen LogP contribution in [0.2, 0.25) is 5.02 Å². The van der Waals surface area contributed by atoms with Crippen LogP contribution in [0, 0.1) is 0 Å². The van der Waals surface area contributed by atoms with E-state index < -0.39 is 0 Å². The third-order valence-electron chi connectivity index (χ3n) is 3.52. The lowest BCUT2D eigenvalue weighted by Gasteiger charge is -2.01. The van der Waals surface area contributed by atoms with Gasteiger partial charge >= 0.3 is 0 Å². The number of thioether (sulfide) groups is 1. The molecule has 0 aliphatic carbocycles. The van der Waals surface area contributed by atoms with Crippen LogP contribution < -0.4 is 5.32 Å². The summed E-state index contributed by atoms with van der Waals surface area (Å²) in [6.07, 6.45) is 5.22. The number of hydrogen-bond donors (Lipinski definition) is 1. The predicted octanol–water partition coefficient (Wildman–Crippen LogP) is 4.81. The first kappa shape index (κ1) is 15.8. The number of nitrogens with zero attached hydrogens (tertiary/aromatic N) is 3. The van der Waals surface area contributed by atoms with Crippen molar-refractivity contribution in [2.24, 2.45) is 4.99 Å². The van der Waals surface area contributed by atoms with E-state index in [4.69, 9.17) is 11.6 Å². The average Bonchev–Trinajstić information content (AvgIpc) is 2.96. The first-order valence-electron chi connectivity index (χ1n) is 7.43. The molecular formula is C18H11ClN4OS. The predicted molar refractivity (Wildman–Crippen MR) is 102 cm³/mol. The molecule has 0 unspecified atom stereocenters. The number of amidine groups is 1. The molecule has 2 aromatic carbocycles. The molecule has 5 nitrogen and oxygen atoms in total. The van der Waals surface area contributed by atoms with Gasteiger partial charge in [-0.05, 0) is 59.8 Å². The van der Waals surface area contributed by atoms with Crippen molar-refractivity contribution in [2.75, 3.05) is 0 Å². The van der Waals surface area contributed by atoms with E-state index in [9.17, 15) is 4.79 Å². The molecule has 25 heavy (non-hydrogen) atoms. The topological polar surface area (TPSA) is 67.2 Å². The number of carbonyl (C=O) groups is 1. The van der Waals surface area contributed by atoms with Gasteiger partial charge in [0.05, 0.1) is 21.6 Å². The van der Waals surface area contributed by atoms with Gasteiger partial charge in [-0.25, -0.2) is 4.99 Å². The number of fused-ring (bicyclic) bond motifs is 1. The molecular weight excluding hydrogens is 356 g/mol. The van der Waals surface area contributed by atoms with Crippen LogP contribution >= 0.6 is 23.4 Å². The molecule has 3 aromatic rings. The van der Waals surface area contributed by atoms with Crippen molar-refractivity contribution in [1.82, 2.24) is 15.3 Å². The zero-order chi connectivity index (χ0) is 17.2. The molecule has 7 heteroatoms. The Morgan fingerprint density at radius 3 is 2.60 bits per heavy atom. The van der Waals surface area contributed by atoms with Gasteiger partial charge in [-0.1, -0.05) is 17.7 Å². The zero-order valence-corrected chi connectivity index (χ0v) is 14.4. The van der Waals surface area contributed by atoms with Crippen molar-refractivity contribution < 1.29 is 4.79 Å². The molecule has 1 aliphatic heterocycles. The quantitative estimate of drug-likeness (QED) is 0.706. The summed E-state index contributed by atoms with van der Waals surface area (Å²) in [5.74, 6) is 0.525. The van der Waals surface area contributed by atoms with E-state index in [1.165, 1.54) is 0 Å². The van der Waals surface area contributed by atoms with Gasteiger partial charge in [0, 0.05) is 17.4 Å². The van der Waals surface area contributed by atoms with Crippen LogP contribution in [0.4, 0.5) is 10.5 Å². The number of aliphatic imine (C=N–C) groups is 1. The molecule has 1 aliphatic rings. The minimum Gasteiger partial charge on any atom is -0.300 e. The molecule has 1 amide bonds. The molecule has 0 bridgehead atoms. The Morgan fingerprint density at radius 1 is 1.04 bits per heavy atom. The molecule has 4 rings (SSSR count). The standard InChI is InChI=1S/C18H11ClN4OS/c19-12-2-4-13(5-3-12)22-17-16(25-18(24)23-17)10-11-1-6-14-15(9-11)21-8-7-20-14/h1-10H,(H,22,23,24)/b16-10-. The van der Waals surface area contributed by atoms with Crippen LogP contribution in [0.5, 0.6) is 0 Å². The molecule has 0 spiro atoms. The molecule has 1 N–H and O–H groups in total. The summed E-state index contributed by atoms with van der Waals surface area (Å²) in [7, 11) is 0. The lowest BCUT2D eigenvalue weighted by molar-refractivity contribution is 0.265. The van der Waals surface area contributed by atoms with Gasteiger partial charge in [0.2, 0.25) is 0 Å². The van der Waals surface area contributed by atoms with Gasteiger partial charge in [-0.15, -0.1) is 0 Å². The van der Waals surface area contributed by atoms with Gasteiger partial charge < -0.3 is 5.32 Å². The van der Waals surface area contributed by atoms with E-state index in [0.717, 1.165) is 39.0 Å². The van der Waals surface area contributed by atoms with Crippen molar-refractivity contribution in [1.29, 1.82) is 0 Å². The molecule has 1 saturated heterocycles. The van der Waals surface area contributed by atoms with Crippen LogP contribution in [0.25, 0.3) is 17.1 Å². The maximum atomic E-state index is 11.8. The Labute approximate surface area is 152 Å². The van der Waals surface area contributed by atoms with Gasteiger partial charge in [0.1, 0.15) is 5.84 Å². The monoisotopic (exact) mass is 366 g/mol. The fraction of sp³-hybridized carbons (Fsp3) is 0. The Kier molecular flexibility index (Phi) is 4.21. The van der Waals surface area contributed by atoms with Crippen LogP contribution in [-0.4, -0.2) is 21.0 Å². The van der Waals surface area contributed by atoms with Crippen LogP contribution in [0.1, 0.15) is 5.56 Å². The van der Waals surface area contributed by atoms with E-state index in [1.807, 2.05) is 24.3 Å². The smallest absolute Gasteiger partial charge is 0.289 e. The molecule has 122 valence electrons. The minimum atomic E-state index is -0.153. The first-order valence-corrected chi connectivity index (χ1v) is 8.63. The van der Waals surface area contributed by atoms with Crippen molar-refractivity contribution in [3.8, 4) is 0 Å². The third-order valence-corrected chi connectivity index (χ3v) is 4.59. The summed E-state index contributed by atoms with van der Waals surface area (Å²) in [6.45, 7) is 0. The zero-order valence-electron chi connectivity index (χ0n) is 12.8. The highest BCUT2D eigenvalue weighted by Crippen LogP contribution is 2.29. The number of halogens is 1. The molecule has 0 radical (unpaired) electrons. The SMILES string of the molecule is O=C1NC(=Nc2ccc(Cl)cc2)/C(=C/c2ccc3nccnc3c2)S1. The lowest BCUT2D eigenvalue weighted by Crippen LogP contribution is -2.18. The van der Waals surface area contributed by atoms with Crippen molar-refractivity contribution in [3.05, 3.63) is 70.3 Å². The van der Waals surface area contributed by atoms with Gasteiger partial charge in [0.15, 0.2) is 0 Å². The van der Waals surface area contributed by atoms with Crippen molar-refractivity contribution >= 4 is 57.2 Å². The highest BCUT2D eigenvalue weighted by Gasteiger charge is 2.23. The third kappa shape index (κ3) is 3.55. The van der Waals surface area contributed by atoms with E-state index in [1.54, 1.807) is 36.7 Å². The first-order chi connectivity index (χ1) is 12.2.